The van der Waals surface area contributed by atoms with Crippen molar-refractivity contribution in [3.05, 3.63) is 28.0 Å². The van der Waals surface area contributed by atoms with Crippen LogP contribution >= 0.6 is 31.9 Å². The summed E-state index contributed by atoms with van der Waals surface area (Å²) in [5, 5.41) is 0.801. The average Bonchev–Trinajstić information content (AvgIpc) is 1.95. The van der Waals surface area contributed by atoms with Crippen molar-refractivity contribution >= 4 is 31.9 Å². The average molecular weight is 265 g/mol. The van der Waals surface area contributed by atoms with Crippen LogP contribution in [0.4, 0.5) is 0 Å². The zero-order valence-electron chi connectivity index (χ0n) is 5.56. The van der Waals surface area contributed by atoms with Gasteiger partial charge in [-0.1, -0.05) is 15.9 Å². The number of nitrogens with zero attached hydrogens (tertiary/aromatic N) is 1. The number of alkyl halides is 1. The zero-order chi connectivity index (χ0) is 7.56. The number of aromatic nitrogens is 1. The molecule has 3 heteroatoms. The van der Waals surface area contributed by atoms with Gasteiger partial charge in [-0.2, -0.15) is 0 Å². The topological polar surface area (TPSA) is 12.9 Å². The Balaban J connectivity index is 3.14. The summed E-state index contributed by atoms with van der Waals surface area (Å²) in [6.45, 7) is 2.05. The number of halogens is 2. The number of aryl methyl sites for hydroxylation is 1. The molecular weight excluding hydrogens is 258 g/mol. The first kappa shape index (κ1) is 8.21. The fourth-order valence-corrected chi connectivity index (χ4v) is 1.87. The molecule has 0 aromatic carbocycles. The van der Waals surface area contributed by atoms with Gasteiger partial charge in [-0.05, 0) is 34.5 Å². The fourth-order valence-electron chi connectivity index (χ4n) is 0.690. The van der Waals surface area contributed by atoms with Crippen molar-refractivity contribution < 1.29 is 0 Å². The van der Waals surface area contributed by atoms with Crippen molar-refractivity contribution in [1.82, 2.24) is 4.98 Å². The monoisotopic (exact) mass is 263 g/mol. The minimum absolute atomic E-state index is 0.801. The molecule has 54 valence electrons. The fraction of sp³-hybridized carbons (Fsp3) is 0.286. The van der Waals surface area contributed by atoms with Gasteiger partial charge in [0.05, 0.1) is 5.69 Å². The molecule has 1 heterocycles. The third-order valence-electron chi connectivity index (χ3n) is 1.28. The van der Waals surface area contributed by atoms with Crippen LogP contribution in [0.5, 0.6) is 0 Å². The normalized spacial score (nSPS) is 9.90. The first-order valence-corrected chi connectivity index (χ1v) is 4.83. The zero-order valence-corrected chi connectivity index (χ0v) is 8.74. The Kier molecular flexibility index (Phi) is 2.86. The van der Waals surface area contributed by atoms with E-state index in [-0.39, 0.29) is 0 Å². The Bertz CT molecular complexity index is 235. The predicted octanol–water partition coefficient (Wildman–Crippen LogP) is 3.05. The van der Waals surface area contributed by atoms with Gasteiger partial charge in [0.1, 0.15) is 0 Å². The van der Waals surface area contributed by atoms with E-state index in [1.54, 1.807) is 0 Å². The van der Waals surface area contributed by atoms with Crippen LogP contribution in [-0.2, 0) is 5.33 Å². The molecule has 0 aliphatic carbocycles. The van der Waals surface area contributed by atoms with Crippen molar-refractivity contribution in [2.45, 2.75) is 12.3 Å². The third-order valence-corrected chi connectivity index (χ3v) is 2.90. The molecule has 0 saturated carbocycles. The molecule has 0 bridgehead atoms. The molecule has 0 fully saturated rings. The Morgan fingerprint density at radius 1 is 1.60 bits per heavy atom. The van der Waals surface area contributed by atoms with Gasteiger partial charge < -0.3 is 0 Å². The van der Waals surface area contributed by atoms with Gasteiger partial charge in [0, 0.05) is 16.0 Å². The molecule has 1 nitrogen and oxygen atoms in total. The summed E-state index contributed by atoms with van der Waals surface area (Å²) in [6.07, 6.45) is 1.82. The Morgan fingerprint density at radius 3 is 2.80 bits per heavy atom. The molecular formula is C7H7Br2N. The lowest BCUT2D eigenvalue weighted by atomic mass is 10.3. The van der Waals surface area contributed by atoms with Crippen LogP contribution in [-0.4, -0.2) is 4.98 Å². The van der Waals surface area contributed by atoms with Gasteiger partial charge in [0.15, 0.2) is 0 Å². The van der Waals surface area contributed by atoms with E-state index in [1.165, 1.54) is 5.56 Å². The van der Waals surface area contributed by atoms with Gasteiger partial charge >= 0.3 is 0 Å². The van der Waals surface area contributed by atoms with Crippen LogP contribution in [0.15, 0.2) is 16.7 Å². The second kappa shape index (κ2) is 3.49. The summed E-state index contributed by atoms with van der Waals surface area (Å²) in [5.41, 5.74) is 2.28. The van der Waals surface area contributed by atoms with Crippen LogP contribution in [0.3, 0.4) is 0 Å². The maximum absolute atomic E-state index is 4.16. The highest BCUT2D eigenvalue weighted by Crippen LogP contribution is 2.20. The summed E-state index contributed by atoms with van der Waals surface area (Å²) in [4.78, 5) is 4.16. The van der Waals surface area contributed by atoms with Gasteiger partial charge in [-0.3, -0.25) is 4.98 Å². The van der Waals surface area contributed by atoms with Crippen LogP contribution in [0, 0.1) is 6.92 Å². The SMILES string of the molecule is Cc1ccnc(CBr)c1Br. The van der Waals surface area contributed by atoms with Crippen molar-refractivity contribution in [2.24, 2.45) is 0 Å². The van der Waals surface area contributed by atoms with E-state index in [9.17, 15) is 0 Å². The summed E-state index contributed by atoms with van der Waals surface area (Å²) in [7, 11) is 0. The van der Waals surface area contributed by atoms with E-state index < -0.39 is 0 Å². The third kappa shape index (κ3) is 1.58. The predicted molar refractivity (Wildman–Crippen MR) is 49.3 cm³/mol. The van der Waals surface area contributed by atoms with E-state index in [2.05, 4.69) is 43.8 Å². The molecule has 1 rings (SSSR count). The Labute approximate surface area is 77.1 Å². The molecule has 0 spiro atoms. The van der Waals surface area contributed by atoms with Crippen LogP contribution in [0.2, 0.25) is 0 Å². The number of pyridine rings is 1. The first-order chi connectivity index (χ1) is 4.75. The summed E-state index contributed by atoms with van der Waals surface area (Å²) >= 11 is 6.80. The molecule has 0 radical (unpaired) electrons. The molecule has 0 saturated heterocycles. The van der Waals surface area contributed by atoms with E-state index in [0.717, 1.165) is 15.5 Å². The molecule has 0 aliphatic rings. The molecule has 0 atom stereocenters. The van der Waals surface area contributed by atoms with Gasteiger partial charge in [0.2, 0.25) is 0 Å². The highest BCUT2D eigenvalue weighted by atomic mass is 79.9. The largest absolute Gasteiger partial charge is 0.259 e. The summed E-state index contributed by atoms with van der Waals surface area (Å²) < 4.78 is 1.10. The van der Waals surface area contributed by atoms with E-state index in [4.69, 9.17) is 0 Å². The smallest absolute Gasteiger partial charge is 0.0653 e. The molecule has 0 aliphatic heterocycles. The van der Waals surface area contributed by atoms with Crippen LogP contribution in [0.1, 0.15) is 11.3 Å². The van der Waals surface area contributed by atoms with Gasteiger partial charge in [0.25, 0.3) is 0 Å². The maximum atomic E-state index is 4.16. The summed E-state index contributed by atoms with van der Waals surface area (Å²) in [5.74, 6) is 0. The minimum atomic E-state index is 0.801. The maximum Gasteiger partial charge on any atom is 0.0653 e. The lowest BCUT2D eigenvalue weighted by Gasteiger charge is -2.00. The first-order valence-electron chi connectivity index (χ1n) is 2.91. The highest BCUT2D eigenvalue weighted by molar-refractivity contribution is 9.10. The standard InChI is InChI=1S/C7H7Br2N/c1-5-2-3-10-6(4-8)7(5)9/h2-3H,4H2,1H3. The lowest BCUT2D eigenvalue weighted by Crippen LogP contribution is -1.87. The van der Waals surface area contributed by atoms with Crippen LogP contribution in [0.25, 0.3) is 0 Å². The van der Waals surface area contributed by atoms with Gasteiger partial charge in [-0.15, -0.1) is 0 Å². The second-order valence-electron chi connectivity index (χ2n) is 2.02. The summed E-state index contributed by atoms with van der Waals surface area (Å²) in [6, 6.07) is 1.98. The number of rotatable bonds is 1. The minimum Gasteiger partial charge on any atom is -0.259 e. The molecule has 10 heavy (non-hydrogen) atoms. The molecule has 1 aromatic heterocycles. The van der Waals surface area contributed by atoms with E-state index in [1.807, 2.05) is 12.3 Å². The van der Waals surface area contributed by atoms with Crippen molar-refractivity contribution in [3.8, 4) is 0 Å². The molecule has 1 aromatic rings. The molecule has 0 amide bonds. The molecule has 0 N–H and O–H groups in total. The highest BCUT2D eigenvalue weighted by Gasteiger charge is 2.00. The van der Waals surface area contributed by atoms with E-state index in [0.29, 0.717) is 0 Å². The van der Waals surface area contributed by atoms with Crippen LogP contribution < -0.4 is 0 Å². The number of hydrogen-bond acceptors (Lipinski definition) is 1. The quantitative estimate of drug-likeness (QED) is 0.711. The van der Waals surface area contributed by atoms with Crippen molar-refractivity contribution in [3.63, 3.8) is 0 Å². The second-order valence-corrected chi connectivity index (χ2v) is 3.38. The Hall–Kier alpha value is 0.110. The number of hydrogen-bond donors (Lipinski definition) is 0. The molecule has 0 unspecified atom stereocenters. The van der Waals surface area contributed by atoms with E-state index >= 15 is 0 Å². The Morgan fingerprint density at radius 2 is 2.30 bits per heavy atom. The van der Waals surface area contributed by atoms with Gasteiger partial charge in [-0.25, -0.2) is 0 Å². The van der Waals surface area contributed by atoms with Crippen molar-refractivity contribution in [2.75, 3.05) is 0 Å². The van der Waals surface area contributed by atoms with Crippen molar-refractivity contribution in [1.29, 1.82) is 0 Å². The lowest BCUT2D eigenvalue weighted by molar-refractivity contribution is 1.14.